The SMILES string of the molecule is NNC(N)=O.[O-][Cl+3]([O-])([O-])O. The van der Waals surface area contributed by atoms with Gasteiger partial charge in [-0.3, -0.25) is 5.43 Å². The van der Waals surface area contributed by atoms with E-state index in [1.807, 2.05) is 0 Å². The number of hydrogen-bond donors (Lipinski definition) is 4. The Kier molecular flexibility index (Phi) is 6.24. The molecule has 0 aliphatic rings. The summed E-state index contributed by atoms with van der Waals surface area (Å²) in [6.07, 6.45) is 0. The maximum absolute atomic E-state index is 9.35. The number of carbonyl (C=O) groups is 1. The number of halogens is 1. The normalized spacial score (nSPS) is 9.30. The van der Waals surface area contributed by atoms with E-state index in [2.05, 4.69) is 11.6 Å². The summed E-state index contributed by atoms with van der Waals surface area (Å²) in [4.78, 5) is 9.35. The zero-order chi connectivity index (χ0) is 8.78. The second-order valence-electron chi connectivity index (χ2n) is 0.905. The van der Waals surface area contributed by atoms with Crippen LogP contribution in [0.25, 0.3) is 0 Å². The fourth-order valence-corrected chi connectivity index (χ4v) is 0. The Labute approximate surface area is 57.7 Å². The molecule has 0 aromatic heterocycles. The summed E-state index contributed by atoms with van der Waals surface area (Å²) < 4.78 is 32.7. The summed E-state index contributed by atoms with van der Waals surface area (Å²) in [5.74, 6) is 4.45. The van der Waals surface area contributed by atoms with Crippen molar-refractivity contribution in [1.82, 2.24) is 5.43 Å². The number of nitrogens with one attached hydrogen (secondary N) is 1. The number of rotatable bonds is 0. The highest BCUT2D eigenvalue weighted by molar-refractivity contribution is 5.70. The molecule has 6 N–H and O–H groups in total. The van der Waals surface area contributed by atoms with Crippen LogP contribution in [0.15, 0.2) is 0 Å². The Hall–Kier alpha value is -0.640. The number of urea groups is 1. The highest BCUT2D eigenvalue weighted by Crippen LogP contribution is 1.60. The fraction of sp³-hybridized carbons (Fsp3) is 0. The Morgan fingerprint density at radius 3 is 1.60 bits per heavy atom. The van der Waals surface area contributed by atoms with Gasteiger partial charge in [0.05, 0.1) is 14.9 Å². The van der Waals surface area contributed by atoms with Crippen molar-refractivity contribution in [2.75, 3.05) is 0 Å². The smallest absolute Gasteiger partial charge is 0.326 e. The van der Waals surface area contributed by atoms with Crippen LogP contribution < -0.4 is 31.0 Å². The first-order chi connectivity index (χ1) is 4.27. The molecule has 0 radical (unpaired) electrons. The molecule has 0 aliphatic carbocycles. The number of primary amides is 1. The quantitative estimate of drug-likeness (QED) is 0.162. The minimum absolute atomic E-state index is 0.718. The van der Waals surface area contributed by atoms with Crippen LogP contribution in [0.1, 0.15) is 0 Å². The Morgan fingerprint density at radius 2 is 1.60 bits per heavy atom. The topological polar surface area (TPSA) is 171 Å². The summed E-state index contributed by atoms with van der Waals surface area (Å²) >= 11 is 0. The van der Waals surface area contributed by atoms with Gasteiger partial charge in [0.15, 0.2) is 0 Å². The van der Waals surface area contributed by atoms with Gasteiger partial charge in [-0.1, -0.05) is 0 Å². The van der Waals surface area contributed by atoms with Crippen LogP contribution in [0.4, 0.5) is 4.79 Å². The van der Waals surface area contributed by atoms with Gasteiger partial charge in [0.25, 0.3) is 0 Å². The molecule has 0 aromatic carbocycles. The van der Waals surface area contributed by atoms with Crippen molar-refractivity contribution < 1.29 is 33.7 Å². The van der Waals surface area contributed by atoms with Gasteiger partial charge in [-0.05, 0) is 0 Å². The maximum atomic E-state index is 9.35. The summed E-state index contributed by atoms with van der Waals surface area (Å²) in [5.41, 5.74) is 6.08. The average Bonchev–Trinajstić information content (AvgIpc) is 1.61. The second-order valence-corrected chi connectivity index (χ2v) is 1.70. The van der Waals surface area contributed by atoms with Crippen molar-refractivity contribution in [2.24, 2.45) is 11.6 Å². The van der Waals surface area contributed by atoms with Crippen LogP contribution in [0.5, 0.6) is 0 Å². The molecule has 0 saturated carbocycles. The molecule has 0 rings (SSSR count). The van der Waals surface area contributed by atoms with Crippen LogP contribution in [0.3, 0.4) is 0 Å². The van der Waals surface area contributed by atoms with Gasteiger partial charge in [-0.15, -0.1) is 0 Å². The molecule has 0 bridgehead atoms. The van der Waals surface area contributed by atoms with E-state index in [4.69, 9.17) is 18.6 Å². The average molecular weight is 176 g/mol. The predicted molar refractivity (Wildman–Crippen MR) is 19.1 cm³/mol. The van der Waals surface area contributed by atoms with Crippen molar-refractivity contribution in [3.8, 4) is 0 Å². The summed E-state index contributed by atoms with van der Waals surface area (Å²) in [7, 11) is -4.69. The number of hydrogen-bond acceptors (Lipinski definition) is 6. The molecule has 0 aromatic rings. The molecule has 10 heavy (non-hydrogen) atoms. The first-order valence-electron chi connectivity index (χ1n) is 1.66. The van der Waals surface area contributed by atoms with Crippen molar-refractivity contribution in [1.29, 1.82) is 0 Å². The van der Waals surface area contributed by atoms with Crippen LogP contribution in [-0.4, -0.2) is 10.7 Å². The molecule has 2 amide bonds. The lowest BCUT2D eigenvalue weighted by Crippen LogP contribution is -2.58. The van der Waals surface area contributed by atoms with Gasteiger partial charge in [0, 0.05) is 0 Å². The van der Waals surface area contributed by atoms with Gasteiger partial charge in [-0.2, -0.15) is 14.0 Å². The fourth-order valence-electron chi connectivity index (χ4n) is 0. The van der Waals surface area contributed by atoms with E-state index in [0.717, 1.165) is 0 Å². The lowest BCUT2D eigenvalue weighted by molar-refractivity contribution is -1.92. The summed E-state index contributed by atoms with van der Waals surface area (Å²) in [6.45, 7) is 0. The second kappa shape index (κ2) is 5.17. The van der Waals surface area contributed by atoms with Crippen molar-refractivity contribution in [2.45, 2.75) is 0 Å². The van der Waals surface area contributed by atoms with Gasteiger partial charge in [0.2, 0.25) is 0 Å². The van der Waals surface area contributed by atoms with Gasteiger partial charge in [0.1, 0.15) is 0 Å². The third-order valence-electron chi connectivity index (χ3n) is 0.142. The molecule has 0 unspecified atom stereocenters. The molecule has 0 saturated heterocycles. The molecule has 0 spiro atoms. The Bertz CT molecular complexity index is 93.6. The van der Waals surface area contributed by atoms with Crippen molar-refractivity contribution in [3.05, 3.63) is 0 Å². The number of carbonyl (C=O) groups excluding carboxylic acids is 1. The van der Waals surface area contributed by atoms with Gasteiger partial charge < -0.3 is 5.73 Å². The lowest BCUT2D eigenvalue weighted by atomic mass is 11.2. The van der Waals surface area contributed by atoms with Crippen LogP contribution in [0.2, 0.25) is 0 Å². The molecule has 0 atom stereocenters. The van der Waals surface area contributed by atoms with E-state index >= 15 is 0 Å². The summed E-state index contributed by atoms with van der Waals surface area (Å²) in [6, 6.07) is -0.718. The molecule has 8 nitrogen and oxygen atoms in total. The lowest BCUT2D eigenvalue weighted by Gasteiger charge is -2.03. The van der Waals surface area contributed by atoms with Crippen LogP contribution in [0, 0.1) is 10.2 Å². The molecule has 0 heterocycles. The zero-order valence-electron chi connectivity index (χ0n) is 4.61. The highest BCUT2D eigenvalue weighted by Gasteiger charge is 1.98. The van der Waals surface area contributed by atoms with Crippen molar-refractivity contribution >= 4 is 6.03 Å². The first kappa shape index (κ1) is 12.1. The van der Waals surface area contributed by atoms with E-state index in [9.17, 15) is 4.79 Å². The number of nitrogens with two attached hydrogens (primary N) is 2. The van der Waals surface area contributed by atoms with E-state index in [0.29, 0.717) is 0 Å². The van der Waals surface area contributed by atoms with Crippen molar-refractivity contribution in [3.63, 3.8) is 0 Å². The third kappa shape index (κ3) is 161. The molecule has 9 heteroatoms. The predicted octanol–water partition coefficient (Wildman–Crippen LogP) is -5.60. The molecule has 0 aliphatic heterocycles. The zero-order valence-corrected chi connectivity index (χ0v) is 5.37. The Balaban J connectivity index is 0. The first-order valence-corrected chi connectivity index (χ1v) is 2.93. The third-order valence-corrected chi connectivity index (χ3v) is 0.142. The van der Waals surface area contributed by atoms with Gasteiger partial charge >= 0.3 is 6.03 Å². The monoisotopic (exact) mass is 175 g/mol. The highest BCUT2D eigenvalue weighted by atomic mass is 35.7. The number of hydrazine groups is 1. The van der Waals surface area contributed by atoms with Crippen LogP contribution >= 0.6 is 0 Å². The molecule has 62 valence electrons. The van der Waals surface area contributed by atoms with Gasteiger partial charge in [-0.25, -0.2) is 10.6 Å². The minimum Gasteiger partial charge on any atom is -0.351 e. The van der Waals surface area contributed by atoms with Crippen LogP contribution in [-0.2, 0) is 0 Å². The largest absolute Gasteiger partial charge is 0.351 e. The van der Waals surface area contributed by atoms with E-state index in [1.54, 1.807) is 5.43 Å². The van der Waals surface area contributed by atoms with E-state index < -0.39 is 16.3 Å². The Morgan fingerprint density at radius 1 is 1.50 bits per heavy atom. The minimum atomic E-state index is -4.69. The van der Waals surface area contributed by atoms with E-state index in [1.165, 1.54) is 0 Å². The molecular formula is CH6ClN3O5. The molecule has 0 fully saturated rings. The molecular weight excluding hydrogens is 169 g/mol. The summed E-state index contributed by atoms with van der Waals surface area (Å²) in [5, 5.41) is 0. The maximum Gasteiger partial charge on any atom is 0.326 e. The number of amides is 2. The standard InChI is InChI=1S/CH5N3O.ClHO4/c2-1(5)4-3;2-1(3,4)5/h3H2,(H3,2,4,5);(H,2,3,4,5). The van der Waals surface area contributed by atoms with E-state index in [-0.39, 0.29) is 0 Å².